The average molecular weight is 301 g/mol. The summed E-state index contributed by atoms with van der Waals surface area (Å²) in [7, 11) is 0. The smallest absolute Gasteiger partial charge is 0.279 e. The first-order chi connectivity index (χ1) is 10.6. The van der Waals surface area contributed by atoms with E-state index in [4.69, 9.17) is 4.52 Å². The predicted octanol–water partition coefficient (Wildman–Crippen LogP) is 2.26. The maximum atomic E-state index is 12.1. The maximum absolute atomic E-state index is 12.1. The van der Waals surface area contributed by atoms with Crippen molar-refractivity contribution in [3.8, 4) is 0 Å². The lowest BCUT2D eigenvalue weighted by molar-refractivity contribution is 0.101. The quantitative estimate of drug-likeness (QED) is 0.936. The maximum Gasteiger partial charge on any atom is 0.279 e. The summed E-state index contributed by atoms with van der Waals surface area (Å²) in [6.45, 7) is 5.97. The van der Waals surface area contributed by atoms with Gasteiger partial charge in [0.2, 0.25) is 0 Å². The number of hydrogen-bond donors (Lipinski definition) is 1. The first-order valence-electron chi connectivity index (χ1n) is 7.43. The van der Waals surface area contributed by atoms with Crippen LogP contribution in [0, 0.1) is 12.8 Å². The molecule has 0 saturated carbocycles. The van der Waals surface area contributed by atoms with E-state index in [-0.39, 0.29) is 11.6 Å². The van der Waals surface area contributed by atoms with Crippen LogP contribution in [0.4, 0.5) is 11.6 Å². The molecule has 0 radical (unpaired) electrons. The number of rotatable bonds is 3. The predicted molar refractivity (Wildman–Crippen MR) is 81.8 cm³/mol. The van der Waals surface area contributed by atoms with Gasteiger partial charge in [-0.05, 0) is 25.7 Å². The van der Waals surface area contributed by atoms with Crippen LogP contribution in [0.15, 0.2) is 23.0 Å². The number of hydrogen-bond acceptors (Lipinski definition) is 6. The van der Waals surface area contributed by atoms with Crippen LogP contribution in [0.2, 0.25) is 0 Å². The highest BCUT2D eigenvalue weighted by molar-refractivity contribution is 6.02. The van der Waals surface area contributed by atoms with Crippen LogP contribution >= 0.6 is 0 Å². The highest BCUT2D eigenvalue weighted by Crippen LogP contribution is 2.22. The Balaban J connectivity index is 1.70. The van der Waals surface area contributed by atoms with Crippen molar-refractivity contribution in [1.29, 1.82) is 0 Å². The molecule has 3 heterocycles. The van der Waals surface area contributed by atoms with Gasteiger partial charge in [0, 0.05) is 25.2 Å². The normalized spacial score (nSPS) is 15.8. The zero-order valence-corrected chi connectivity index (χ0v) is 12.7. The van der Waals surface area contributed by atoms with Crippen molar-refractivity contribution in [2.75, 3.05) is 23.3 Å². The number of carbonyl (C=O) groups excluding carboxylic acids is 1. The lowest BCUT2D eigenvalue weighted by Gasteiger charge is -2.31. The van der Waals surface area contributed by atoms with Crippen LogP contribution in [0.25, 0.3) is 0 Å². The van der Waals surface area contributed by atoms with Crippen molar-refractivity contribution in [3.05, 3.63) is 29.9 Å². The lowest BCUT2D eigenvalue weighted by atomic mass is 9.99. The van der Waals surface area contributed by atoms with Crippen LogP contribution in [0.3, 0.4) is 0 Å². The summed E-state index contributed by atoms with van der Waals surface area (Å²) < 4.78 is 4.90. The summed E-state index contributed by atoms with van der Waals surface area (Å²) in [5, 5.41) is 6.41. The third-order valence-electron chi connectivity index (χ3n) is 3.86. The number of piperidine rings is 1. The molecular formula is C15H19N5O2. The SMILES string of the molecule is Cc1cc(C(=O)Nc2cc(N3CCC(C)CC3)ncn2)no1. The highest BCUT2D eigenvalue weighted by Gasteiger charge is 2.18. The molecule has 7 heteroatoms. The van der Waals surface area contributed by atoms with Gasteiger partial charge in [-0.1, -0.05) is 12.1 Å². The minimum absolute atomic E-state index is 0.240. The summed E-state index contributed by atoms with van der Waals surface area (Å²) in [5.74, 6) is 2.32. The second-order valence-electron chi connectivity index (χ2n) is 5.71. The van der Waals surface area contributed by atoms with Crippen LogP contribution in [-0.2, 0) is 0 Å². The Labute approximate surface area is 128 Å². The Morgan fingerprint density at radius 1 is 1.32 bits per heavy atom. The van der Waals surface area contributed by atoms with E-state index in [2.05, 4.69) is 32.3 Å². The molecule has 2 aromatic rings. The van der Waals surface area contributed by atoms with Gasteiger partial charge in [-0.15, -0.1) is 0 Å². The fourth-order valence-electron chi connectivity index (χ4n) is 2.48. The standard InChI is InChI=1S/C15H19N5O2/c1-10-3-5-20(6-4-10)14-8-13(16-9-17-14)18-15(21)12-7-11(2)22-19-12/h7-10H,3-6H2,1-2H3,(H,16,17,18,21). The van der Waals surface area contributed by atoms with Crippen molar-refractivity contribution >= 4 is 17.5 Å². The number of nitrogens with zero attached hydrogens (tertiary/aromatic N) is 4. The van der Waals surface area contributed by atoms with Gasteiger partial charge in [0.15, 0.2) is 5.69 Å². The van der Waals surface area contributed by atoms with Gasteiger partial charge in [0.1, 0.15) is 23.7 Å². The third-order valence-corrected chi connectivity index (χ3v) is 3.86. The lowest BCUT2D eigenvalue weighted by Crippen LogP contribution is -2.33. The van der Waals surface area contributed by atoms with Crippen molar-refractivity contribution in [1.82, 2.24) is 15.1 Å². The molecule has 1 aliphatic heterocycles. The Hall–Kier alpha value is -2.44. The molecule has 0 atom stereocenters. The molecule has 0 spiro atoms. The van der Waals surface area contributed by atoms with Crippen molar-refractivity contribution in [2.24, 2.45) is 5.92 Å². The van der Waals surface area contributed by atoms with Gasteiger partial charge in [-0.25, -0.2) is 9.97 Å². The molecule has 7 nitrogen and oxygen atoms in total. The molecule has 3 rings (SSSR count). The summed E-state index contributed by atoms with van der Waals surface area (Å²) >= 11 is 0. The first kappa shape index (κ1) is 14.5. The monoisotopic (exact) mass is 301 g/mol. The molecule has 0 aromatic carbocycles. The molecule has 1 amide bonds. The van der Waals surface area contributed by atoms with E-state index in [1.54, 1.807) is 19.1 Å². The molecule has 1 aliphatic rings. The largest absolute Gasteiger partial charge is 0.361 e. The van der Waals surface area contributed by atoms with E-state index in [0.717, 1.165) is 37.7 Å². The Morgan fingerprint density at radius 2 is 2.09 bits per heavy atom. The van der Waals surface area contributed by atoms with E-state index < -0.39 is 0 Å². The van der Waals surface area contributed by atoms with Gasteiger partial charge >= 0.3 is 0 Å². The number of aromatic nitrogens is 3. The zero-order valence-electron chi connectivity index (χ0n) is 12.7. The van der Waals surface area contributed by atoms with Gasteiger partial charge in [0.25, 0.3) is 5.91 Å². The average Bonchev–Trinajstić information content (AvgIpc) is 2.95. The van der Waals surface area contributed by atoms with E-state index in [0.29, 0.717) is 11.6 Å². The molecule has 0 aliphatic carbocycles. The Bertz CT molecular complexity index is 661. The summed E-state index contributed by atoms with van der Waals surface area (Å²) in [6, 6.07) is 3.38. The third kappa shape index (κ3) is 3.24. The molecule has 1 N–H and O–H groups in total. The van der Waals surface area contributed by atoms with Gasteiger partial charge in [-0.3, -0.25) is 4.79 Å². The minimum Gasteiger partial charge on any atom is -0.361 e. The summed E-state index contributed by atoms with van der Waals surface area (Å²) in [4.78, 5) is 22.7. The summed E-state index contributed by atoms with van der Waals surface area (Å²) in [6.07, 6.45) is 3.78. The van der Waals surface area contributed by atoms with Crippen molar-refractivity contribution in [3.63, 3.8) is 0 Å². The summed E-state index contributed by atoms with van der Waals surface area (Å²) in [5.41, 5.74) is 0.240. The van der Waals surface area contributed by atoms with Gasteiger partial charge in [-0.2, -0.15) is 0 Å². The molecule has 1 saturated heterocycles. The molecule has 22 heavy (non-hydrogen) atoms. The molecular weight excluding hydrogens is 282 g/mol. The zero-order chi connectivity index (χ0) is 15.5. The topological polar surface area (TPSA) is 84.2 Å². The Kier molecular flexibility index (Phi) is 4.04. The van der Waals surface area contributed by atoms with E-state index in [1.165, 1.54) is 6.33 Å². The number of nitrogens with one attached hydrogen (secondary N) is 1. The molecule has 1 fully saturated rings. The molecule has 2 aromatic heterocycles. The fourth-order valence-corrected chi connectivity index (χ4v) is 2.48. The van der Waals surface area contributed by atoms with Crippen molar-refractivity contribution in [2.45, 2.75) is 26.7 Å². The van der Waals surface area contributed by atoms with E-state index in [9.17, 15) is 4.79 Å². The second-order valence-corrected chi connectivity index (χ2v) is 5.71. The number of anilines is 2. The van der Waals surface area contributed by atoms with Gasteiger partial charge < -0.3 is 14.7 Å². The van der Waals surface area contributed by atoms with Crippen LogP contribution in [0.5, 0.6) is 0 Å². The number of carbonyl (C=O) groups is 1. The van der Waals surface area contributed by atoms with E-state index in [1.807, 2.05) is 0 Å². The minimum atomic E-state index is -0.339. The van der Waals surface area contributed by atoms with Gasteiger partial charge in [0.05, 0.1) is 0 Å². The Morgan fingerprint density at radius 3 is 2.77 bits per heavy atom. The van der Waals surface area contributed by atoms with Crippen LogP contribution in [0.1, 0.15) is 36.0 Å². The number of amides is 1. The van der Waals surface area contributed by atoms with E-state index >= 15 is 0 Å². The molecule has 0 bridgehead atoms. The molecule has 0 unspecified atom stereocenters. The van der Waals surface area contributed by atoms with Crippen LogP contribution < -0.4 is 10.2 Å². The first-order valence-corrected chi connectivity index (χ1v) is 7.43. The fraction of sp³-hybridized carbons (Fsp3) is 0.467. The number of aryl methyl sites for hydroxylation is 1. The second kappa shape index (κ2) is 6.13. The van der Waals surface area contributed by atoms with Crippen molar-refractivity contribution < 1.29 is 9.32 Å². The highest BCUT2D eigenvalue weighted by atomic mass is 16.5. The van der Waals surface area contributed by atoms with Crippen LogP contribution in [-0.4, -0.2) is 34.1 Å². The molecule has 116 valence electrons.